The number of aromatic carboxylic acids is 1. The first kappa shape index (κ1) is 12.2. The molecule has 0 aliphatic heterocycles. The van der Waals surface area contributed by atoms with Gasteiger partial charge in [-0.05, 0) is 62.3 Å². The molecule has 0 radical (unpaired) electrons. The maximum atomic E-state index is 11.0. The molecule has 0 amide bonds. The number of hydrogen-bond acceptors (Lipinski definition) is 3. The average Bonchev–Trinajstić information content (AvgIpc) is 2.36. The van der Waals surface area contributed by atoms with Gasteiger partial charge in [-0.2, -0.15) is 0 Å². The van der Waals surface area contributed by atoms with E-state index in [0.717, 1.165) is 42.7 Å². The molecule has 5 rings (SSSR count). The number of nitrogens with zero attached hydrogens (tertiary/aromatic N) is 1. The largest absolute Gasteiger partial charge is 0.506 e. The minimum atomic E-state index is -1.04. The van der Waals surface area contributed by atoms with Crippen LogP contribution < -0.4 is 0 Å². The van der Waals surface area contributed by atoms with Gasteiger partial charge in [-0.15, -0.1) is 0 Å². The van der Waals surface area contributed by atoms with E-state index < -0.39 is 5.97 Å². The number of carboxylic acids is 1. The van der Waals surface area contributed by atoms with E-state index in [-0.39, 0.29) is 16.7 Å². The third-order valence-corrected chi connectivity index (χ3v) is 5.66. The maximum absolute atomic E-state index is 11.0. The number of aromatic nitrogens is 1. The molecular weight excluding hydrogens is 254 g/mol. The normalized spacial score (nSPS) is 38.1. The first-order valence-electron chi connectivity index (χ1n) is 7.48. The molecule has 4 aliphatic carbocycles. The average molecular weight is 273 g/mol. The van der Waals surface area contributed by atoms with Gasteiger partial charge in [0.15, 0.2) is 0 Å². The van der Waals surface area contributed by atoms with Crippen LogP contribution in [0, 0.1) is 17.8 Å². The molecule has 4 aliphatic rings. The maximum Gasteiger partial charge on any atom is 0.337 e. The van der Waals surface area contributed by atoms with Crippen molar-refractivity contribution >= 4 is 5.97 Å². The molecule has 1 heterocycles. The molecule has 0 spiro atoms. The molecule has 0 saturated heterocycles. The zero-order valence-electron chi connectivity index (χ0n) is 11.4. The topological polar surface area (TPSA) is 70.4 Å². The number of aromatic hydroxyl groups is 1. The van der Waals surface area contributed by atoms with Crippen molar-refractivity contribution in [1.82, 2.24) is 4.98 Å². The summed E-state index contributed by atoms with van der Waals surface area (Å²) in [6.07, 6.45) is 8.77. The Balaban J connectivity index is 1.75. The quantitative estimate of drug-likeness (QED) is 0.869. The highest BCUT2D eigenvalue weighted by atomic mass is 16.4. The van der Waals surface area contributed by atoms with Gasteiger partial charge in [0.05, 0.1) is 11.3 Å². The molecular formula is C16H19NO3. The smallest absolute Gasteiger partial charge is 0.337 e. The lowest BCUT2D eigenvalue weighted by Crippen LogP contribution is -2.49. The van der Waals surface area contributed by atoms with Gasteiger partial charge in [-0.3, -0.25) is 4.98 Å². The molecule has 2 N–H and O–H groups in total. The molecule has 0 unspecified atom stereocenters. The Morgan fingerprint density at radius 1 is 1.15 bits per heavy atom. The van der Waals surface area contributed by atoms with Gasteiger partial charge in [0, 0.05) is 11.6 Å². The molecule has 4 bridgehead atoms. The molecule has 20 heavy (non-hydrogen) atoms. The third kappa shape index (κ3) is 1.67. The van der Waals surface area contributed by atoms with Gasteiger partial charge in [-0.25, -0.2) is 4.79 Å². The van der Waals surface area contributed by atoms with Crippen LogP contribution >= 0.6 is 0 Å². The third-order valence-electron chi connectivity index (χ3n) is 5.66. The Morgan fingerprint density at radius 2 is 1.70 bits per heavy atom. The molecule has 4 heteroatoms. The highest BCUT2D eigenvalue weighted by Gasteiger charge is 2.53. The van der Waals surface area contributed by atoms with Crippen LogP contribution in [0.5, 0.6) is 5.75 Å². The van der Waals surface area contributed by atoms with Crippen LogP contribution in [0.1, 0.15) is 54.6 Å². The van der Waals surface area contributed by atoms with E-state index in [1.165, 1.54) is 31.5 Å². The van der Waals surface area contributed by atoms with Gasteiger partial charge < -0.3 is 10.2 Å². The second-order valence-corrected chi connectivity index (χ2v) is 7.09. The van der Waals surface area contributed by atoms with Crippen molar-refractivity contribution in [2.45, 2.75) is 43.9 Å². The summed E-state index contributed by atoms with van der Waals surface area (Å²) in [7, 11) is 0. The van der Waals surface area contributed by atoms with E-state index in [1.54, 1.807) is 0 Å². The summed E-state index contributed by atoms with van der Waals surface area (Å²) in [5, 5.41) is 19.3. The molecule has 1 aromatic rings. The minimum absolute atomic E-state index is 0.00979. The van der Waals surface area contributed by atoms with Crippen molar-refractivity contribution in [2.75, 3.05) is 0 Å². The summed E-state index contributed by atoms with van der Waals surface area (Å²) in [5.74, 6) is 1.38. The molecule has 0 aromatic carbocycles. The number of hydrogen-bond donors (Lipinski definition) is 2. The van der Waals surface area contributed by atoms with Crippen molar-refractivity contribution < 1.29 is 15.0 Å². The van der Waals surface area contributed by atoms with E-state index in [4.69, 9.17) is 5.11 Å². The first-order valence-corrected chi connectivity index (χ1v) is 7.48. The summed E-state index contributed by atoms with van der Waals surface area (Å²) < 4.78 is 0. The molecule has 0 atom stereocenters. The fourth-order valence-electron chi connectivity index (χ4n) is 5.38. The van der Waals surface area contributed by atoms with Crippen LogP contribution in [0.3, 0.4) is 0 Å². The zero-order chi connectivity index (χ0) is 13.9. The fourth-order valence-corrected chi connectivity index (χ4v) is 5.38. The van der Waals surface area contributed by atoms with Crippen LogP contribution in [0.4, 0.5) is 0 Å². The Bertz CT molecular complexity index is 546. The molecule has 106 valence electrons. The van der Waals surface area contributed by atoms with E-state index >= 15 is 0 Å². The van der Waals surface area contributed by atoms with Crippen LogP contribution in [0.2, 0.25) is 0 Å². The second kappa shape index (κ2) is 3.96. The van der Waals surface area contributed by atoms with E-state index in [9.17, 15) is 9.90 Å². The fraction of sp³-hybridized carbons (Fsp3) is 0.625. The lowest BCUT2D eigenvalue weighted by Gasteiger charge is -2.56. The Morgan fingerprint density at radius 3 is 2.15 bits per heavy atom. The highest BCUT2D eigenvalue weighted by Crippen LogP contribution is 2.61. The Kier molecular flexibility index (Phi) is 2.41. The Labute approximate surface area is 117 Å². The molecule has 4 fully saturated rings. The number of carboxylic acid groups (broad SMARTS) is 1. The lowest BCUT2D eigenvalue weighted by molar-refractivity contribution is -0.00826. The van der Waals surface area contributed by atoms with Crippen LogP contribution in [-0.2, 0) is 5.41 Å². The van der Waals surface area contributed by atoms with E-state index in [2.05, 4.69) is 4.98 Å². The predicted octanol–water partition coefficient (Wildman–Crippen LogP) is 2.95. The zero-order valence-corrected chi connectivity index (χ0v) is 11.4. The number of rotatable bonds is 2. The number of pyridine rings is 1. The minimum Gasteiger partial charge on any atom is -0.506 e. The lowest BCUT2D eigenvalue weighted by atomic mass is 9.48. The highest BCUT2D eigenvalue weighted by molar-refractivity contribution is 5.87. The van der Waals surface area contributed by atoms with Gasteiger partial charge in [0.1, 0.15) is 5.75 Å². The van der Waals surface area contributed by atoms with Crippen molar-refractivity contribution in [3.8, 4) is 5.75 Å². The van der Waals surface area contributed by atoms with Gasteiger partial charge >= 0.3 is 5.97 Å². The molecule has 4 nitrogen and oxygen atoms in total. The van der Waals surface area contributed by atoms with E-state index in [0.29, 0.717) is 0 Å². The standard InChI is InChI=1S/C16H19NO3/c18-13-4-12(15(19)20)8-17-14(13)16-5-9-1-10(6-16)3-11(2-9)7-16/h4,8-11,18H,1-3,5-7H2,(H,19,20). The van der Waals surface area contributed by atoms with Gasteiger partial charge in [0.25, 0.3) is 0 Å². The molecule has 4 saturated carbocycles. The van der Waals surface area contributed by atoms with Crippen LogP contribution in [0.15, 0.2) is 12.3 Å². The first-order chi connectivity index (χ1) is 9.56. The van der Waals surface area contributed by atoms with Gasteiger partial charge in [0.2, 0.25) is 0 Å². The summed E-state index contributed by atoms with van der Waals surface area (Å²) >= 11 is 0. The van der Waals surface area contributed by atoms with Crippen molar-refractivity contribution in [1.29, 1.82) is 0 Å². The van der Waals surface area contributed by atoms with E-state index in [1.807, 2.05) is 0 Å². The summed E-state index contributed by atoms with van der Waals surface area (Å²) in [5.41, 5.74) is 0.827. The van der Waals surface area contributed by atoms with Crippen molar-refractivity contribution in [3.05, 3.63) is 23.5 Å². The van der Waals surface area contributed by atoms with Crippen molar-refractivity contribution in [2.24, 2.45) is 17.8 Å². The molecule has 1 aromatic heterocycles. The number of carbonyl (C=O) groups is 1. The van der Waals surface area contributed by atoms with Gasteiger partial charge in [-0.1, -0.05) is 0 Å². The summed E-state index contributed by atoms with van der Waals surface area (Å²) in [6.45, 7) is 0. The Hall–Kier alpha value is -1.58. The van der Waals surface area contributed by atoms with Crippen molar-refractivity contribution in [3.63, 3.8) is 0 Å². The van der Waals surface area contributed by atoms with Crippen LogP contribution in [0.25, 0.3) is 0 Å². The second-order valence-electron chi connectivity index (χ2n) is 7.09. The summed E-state index contributed by atoms with van der Waals surface area (Å²) in [4.78, 5) is 15.3. The monoisotopic (exact) mass is 273 g/mol. The summed E-state index contributed by atoms with van der Waals surface area (Å²) in [6, 6.07) is 1.36. The SMILES string of the molecule is O=C(O)c1cnc(C23CC4CC(CC(C4)C2)C3)c(O)c1. The predicted molar refractivity (Wildman–Crippen MR) is 72.7 cm³/mol. The van der Waals surface area contributed by atoms with Crippen LogP contribution in [-0.4, -0.2) is 21.2 Å².